The molecule has 40 heavy (non-hydrogen) atoms. The van der Waals surface area contributed by atoms with E-state index >= 15 is 0 Å². The number of unbranched alkanes of at least 4 members (excludes halogenated alkanes) is 3. The van der Waals surface area contributed by atoms with Crippen molar-refractivity contribution in [3.05, 3.63) is 22.3 Å². The van der Waals surface area contributed by atoms with E-state index in [2.05, 4.69) is 0 Å². The number of hydrogen-bond acceptors (Lipinski definition) is 8. The van der Waals surface area contributed by atoms with Gasteiger partial charge in [0.15, 0.2) is 23.0 Å². The molecule has 0 unspecified atom stereocenters. The molecule has 0 radical (unpaired) electrons. The standard InChI is InChI=1S/C32H46O8/c1-33-25-21-15-19(16-22(21)26(34-2)30(38-6)29(25)37-5)13-11-9-10-12-14-20-17-23-24(18-20)28(36-4)32(40-8)31(39-7)27(23)35-3/h19-20H,9-18H2,1-8H3. The first kappa shape index (κ1) is 29.8. The lowest BCUT2D eigenvalue weighted by atomic mass is 9.95. The van der Waals surface area contributed by atoms with Crippen LogP contribution >= 0.6 is 0 Å². The summed E-state index contributed by atoms with van der Waals surface area (Å²) in [5, 5.41) is 0. The van der Waals surface area contributed by atoms with Crippen molar-refractivity contribution in [2.75, 3.05) is 56.9 Å². The topological polar surface area (TPSA) is 73.8 Å². The van der Waals surface area contributed by atoms with Gasteiger partial charge in [-0.3, -0.25) is 0 Å². The zero-order valence-electron chi connectivity index (χ0n) is 25.5. The zero-order chi connectivity index (χ0) is 28.8. The molecule has 0 aromatic heterocycles. The fourth-order valence-corrected chi connectivity index (χ4v) is 6.90. The summed E-state index contributed by atoms with van der Waals surface area (Å²) >= 11 is 0. The maximum absolute atomic E-state index is 5.76. The second-order valence-electron chi connectivity index (χ2n) is 10.7. The predicted molar refractivity (Wildman–Crippen MR) is 155 cm³/mol. The van der Waals surface area contributed by atoms with Gasteiger partial charge in [0.05, 0.1) is 56.9 Å². The highest BCUT2D eigenvalue weighted by atomic mass is 16.6. The summed E-state index contributed by atoms with van der Waals surface area (Å²) in [4.78, 5) is 0. The molecule has 0 saturated carbocycles. The molecule has 0 saturated heterocycles. The van der Waals surface area contributed by atoms with Crippen LogP contribution in [0, 0.1) is 11.8 Å². The fourth-order valence-electron chi connectivity index (χ4n) is 6.90. The van der Waals surface area contributed by atoms with Gasteiger partial charge in [-0.25, -0.2) is 0 Å². The third kappa shape index (κ3) is 5.41. The highest BCUT2D eigenvalue weighted by molar-refractivity contribution is 5.69. The molecule has 8 heteroatoms. The van der Waals surface area contributed by atoms with Crippen LogP contribution in [0.15, 0.2) is 0 Å². The van der Waals surface area contributed by atoms with Crippen LogP contribution in [0.2, 0.25) is 0 Å². The number of methoxy groups -OCH3 is 8. The summed E-state index contributed by atoms with van der Waals surface area (Å²) < 4.78 is 45.6. The minimum Gasteiger partial charge on any atom is -0.492 e. The van der Waals surface area contributed by atoms with Crippen LogP contribution in [0.3, 0.4) is 0 Å². The third-order valence-corrected chi connectivity index (χ3v) is 8.64. The Morgan fingerprint density at radius 1 is 0.350 bits per heavy atom. The predicted octanol–water partition coefficient (Wildman–Crippen LogP) is 6.23. The Labute approximate surface area is 239 Å². The minimum absolute atomic E-state index is 0.573. The number of fused-ring (bicyclic) bond motifs is 2. The second-order valence-corrected chi connectivity index (χ2v) is 10.7. The summed E-state index contributed by atoms with van der Waals surface area (Å²) in [7, 11) is 13.3. The quantitative estimate of drug-likeness (QED) is 0.238. The number of rotatable bonds is 15. The lowest BCUT2D eigenvalue weighted by Crippen LogP contribution is -2.02. The lowest BCUT2D eigenvalue weighted by molar-refractivity contribution is 0.303. The van der Waals surface area contributed by atoms with E-state index in [1.54, 1.807) is 56.9 Å². The molecule has 2 aromatic rings. The maximum atomic E-state index is 5.76. The van der Waals surface area contributed by atoms with Crippen molar-refractivity contribution in [2.24, 2.45) is 11.8 Å². The van der Waals surface area contributed by atoms with Crippen LogP contribution in [0.25, 0.3) is 0 Å². The molecule has 0 fully saturated rings. The first-order chi connectivity index (χ1) is 19.5. The Bertz CT molecular complexity index is 1000. The van der Waals surface area contributed by atoms with Gasteiger partial charge in [0.1, 0.15) is 0 Å². The second kappa shape index (κ2) is 13.5. The molecule has 0 amide bonds. The van der Waals surface area contributed by atoms with Crippen molar-refractivity contribution in [1.82, 2.24) is 0 Å². The Morgan fingerprint density at radius 3 is 0.775 bits per heavy atom. The van der Waals surface area contributed by atoms with Crippen LogP contribution in [0.1, 0.15) is 60.8 Å². The fraction of sp³-hybridized carbons (Fsp3) is 0.625. The van der Waals surface area contributed by atoms with Crippen LogP contribution in [0.4, 0.5) is 0 Å². The van der Waals surface area contributed by atoms with Crippen molar-refractivity contribution in [2.45, 2.75) is 64.2 Å². The Morgan fingerprint density at radius 2 is 0.575 bits per heavy atom. The molecule has 2 aromatic carbocycles. The van der Waals surface area contributed by atoms with Crippen molar-refractivity contribution in [3.63, 3.8) is 0 Å². The molecule has 2 aliphatic carbocycles. The van der Waals surface area contributed by atoms with Gasteiger partial charge < -0.3 is 37.9 Å². The van der Waals surface area contributed by atoms with Crippen molar-refractivity contribution < 1.29 is 37.9 Å². The first-order valence-corrected chi connectivity index (χ1v) is 14.3. The van der Waals surface area contributed by atoms with Gasteiger partial charge in [0, 0.05) is 22.3 Å². The van der Waals surface area contributed by atoms with Gasteiger partial charge in [-0.15, -0.1) is 0 Å². The average Bonchev–Trinajstić information content (AvgIpc) is 3.60. The summed E-state index contributed by atoms with van der Waals surface area (Å²) in [5.74, 6) is 6.71. The molecular weight excluding hydrogens is 512 g/mol. The highest BCUT2D eigenvalue weighted by Gasteiger charge is 2.35. The Hall–Kier alpha value is -3.16. The molecule has 0 heterocycles. The summed E-state index contributed by atoms with van der Waals surface area (Å²) in [5.41, 5.74) is 4.78. The van der Waals surface area contributed by atoms with E-state index in [0.717, 1.165) is 48.7 Å². The average molecular weight is 559 g/mol. The van der Waals surface area contributed by atoms with E-state index in [-0.39, 0.29) is 0 Å². The number of hydrogen-bond donors (Lipinski definition) is 0. The van der Waals surface area contributed by atoms with Gasteiger partial charge >= 0.3 is 0 Å². The SMILES string of the molecule is COc1c2c(c(OC)c(OC)c1OC)CC(CCCCCCC1Cc3c(c(OC)c(OC)c(OC)c3OC)C1)C2. The van der Waals surface area contributed by atoms with Gasteiger partial charge in [0.2, 0.25) is 23.0 Å². The minimum atomic E-state index is 0.573. The van der Waals surface area contributed by atoms with E-state index in [9.17, 15) is 0 Å². The lowest BCUT2D eigenvalue weighted by Gasteiger charge is -2.19. The van der Waals surface area contributed by atoms with Crippen LogP contribution in [0.5, 0.6) is 46.0 Å². The highest BCUT2D eigenvalue weighted by Crippen LogP contribution is 2.55. The van der Waals surface area contributed by atoms with Crippen LogP contribution in [-0.4, -0.2) is 56.9 Å². The molecule has 0 N–H and O–H groups in total. The third-order valence-electron chi connectivity index (χ3n) is 8.64. The molecule has 0 atom stereocenters. The first-order valence-electron chi connectivity index (χ1n) is 14.3. The number of ether oxygens (including phenoxy) is 8. The summed E-state index contributed by atoms with van der Waals surface area (Å²) in [6.45, 7) is 0. The normalized spacial score (nSPS) is 14.5. The van der Waals surface area contributed by atoms with Gasteiger partial charge in [-0.1, -0.05) is 25.7 Å². The van der Waals surface area contributed by atoms with E-state index < -0.39 is 0 Å². The van der Waals surface area contributed by atoms with E-state index in [1.165, 1.54) is 60.8 Å². The van der Waals surface area contributed by atoms with Gasteiger partial charge in [-0.05, 0) is 50.4 Å². The van der Waals surface area contributed by atoms with Crippen molar-refractivity contribution in [3.8, 4) is 46.0 Å². The van der Waals surface area contributed by atoms with Crippen molar-refractivity contribution >= 4 is 0 Å². The molecule has 4 rings (SSSR count). The number of benzene rings is 2. The van der Waals surface area contributed by atoms with E-state index in [1.807, 2.05) is 0 Å². The molecule has 222 valence electrons. The van der Waals surface area contributed by atoms with E-state index in [0.29, 0.717) is 34.8 Å². The zero-order valence-corrected chi connectivity index (χ0v) is 25.5. The molecule has 8 nitrogen and oxygen atoms in total. The van der Waals surface area contributed by atoms with Gasteiger partial charge in [-0.2, -0.15) is 0 Å². The Balaban J connectivity index is 1.29. The Kier molecular flexibility index (Phi) is 10.0. The van der Waals surface area contributed by atoms with Crippen molar-refractivity contribution in [1.29, 1.82) is 0 Å². The van der Waals surface area contributed by atoms with Crippen LogP contribution in [-0.2, 0) is 25.7 Å². The molecular formula is C32H46O8. The van der Waals surface area contributed by atoms with Crippen LogP contribution < -0.4 is 37.9 Å². The van der Waals surface area contributed by atoms with Gasteiger partial charge in [0.25, 0.3) is 0 Å². The molecule has 0 aliphatic heterocycles. The summed E-state index contributed by atoms with van der Waals surface area (Å²) in [6.07, 6.45) is 11.2. The molecule has 2 aliphatic rings. The molecule has 0 spiro atoms. The maximum Gasteiger partial charge on any atom is 0.207 e. The monoisotopic (exact) mass is 558 g/mol. The molecule has 0 bridgehead atoms. The van der Waals surface area contributed by atoms with E-state index in [4.69, 9.17) is 37.9 Å². The smallest absolute Gasteiger partial charge is 0.207 e. The summed E-state index contributed by atoms with van der Waals surface area (Å²) in [6, 6.07) is 0. The largest absolute Gasteiger partial charge is 0.492 e.